The summed E-state index contributed by atoms with van der Waals surface area (Å²) in [6.45, 7) is 4.86. The van der Waals surface area contributed by atoms with Crippen molar-refractivity contribution in [2.24, 2.45) is 5.92 Å². The highest BCUT2D eigenvalue weighted by atomic mass is 19.1. The lowest BCUT2D eigenvalue weighted by atomic mass is 9.90. The highest BCUT2D eigenvalue weighted by molar-refractivity contribution is 5.31. The largest absolute Gasteiger partial charge is 0.487 e. The van der Waals surface area contributed by atoms with Crippen LogP contribution in [0.25, 0.3) is 0 Å². The Labute approximate surface area is 125 Å². The third-order valence-electron chi connectivity index (χ3n) is 3.96. The molecule has 1 aromatic rings. The zero-order chi connectivity index (χ0) is 15.2. The van der Waals surface area contributed by atoms with Crippen LogP contribution in [0.5, 0.6) is 5.75 Å². The van der Waals surface area contributed by atoms with Gasteiger partial charge in [0.25, 0.3) is 0 Å². The summed E-state index contributed by atoms with van der Waals surface area (Å²) in [5.74, 6) is -1.01. The number of hydrogen-bond donors (Lipinski definition) is 1. The molecule has 0 aliphatic heterocycles. The topological polar surface area (TPSA) is 21.3 Å². The van der Waals surface area contributed by atoms with Crippen LogP contribution in [0.1, 0.15) is 51.5 Å². The van der Waals surface area contributed by atoms with Crippen molar-refractivity contribution in [2.45, 2.75) is 58.5 Å². The summed E-state index contributed by atoms with van der Waals surface area (Å²) in [5, 5.41) is 3.15. The van der Waals surface area contributed by atoms with E-state index >= 15 is 0 Å². The maximum absolute atomic E-state index is 14.0. The van der Waals surface area contributed by atoms with Crippen LogP contribution in [0.2, 0.25) is 0 Å². The van der Waals surface area contributed by atoms with Crippen molar-refractivity contribution in [1.29, 1.82) is 0 Å². The Bertz CT molecular complexity index is 433. The molecular weight excluding hydrogens is 272 g/mol. The molecule has 1 aromatic carbocycles. The van der Waals surface area contributed by atoms with E-state index in [0.717, 1.165) is 12.8 Å². The SMILES string of the molecule is CC(C)NCc1cc(F)c(OCC2CCCCC2)c(F)c1. The number of ether oxygens (including phenoxy) is 1. The van der Waals surface area contributed by atoms with Gasteiger partial charge in [0.05, 0.1) is 6.61 Å². The van der Waals surface area contributed by atoms with Crippen LogP contribution in [0, 0.1) is 17.6 Å². The zero-order valence-corrected chi connectivity index (χ0v) is 12.9. The van der Waals surface area contributed by atoms with Gasteiger partial charge in [0.2, 0.25) is 0 Å². The number of benzene rings is 1. The Morgan fingerprint density at radius 3 is 2.33 bits per heavy atom. The smallest absolute Gasteiger partial charge is 0.190 e. The highest BCUT2D eigenvalue weighted by Gasteiger charge is 2.17. The van der Waals surface area contributed by atoms with Gasteiger partial charge in [0.1, 0.15) is 0 Å². The monoisotopic (exact) mass is 297 g/mol. The molecule has 0 spiro atoms. The molecule has 1 N–H and O–H groups in total. The first-order valence-electron chi connectivity index (χ1n) is 7.90. The van der Waals surface area contributed by atoms with E-state index in [2.05, 4.69) is 5.32 Å². The molecule has 1 aliphatic rings. The Hall–Kier alpha value is -1.16. The minimum absolute atomic E-state index is 0.228. The average Bonchev–Trinajstić information content (AvgIpc) is 2.45. The van der Waals surface area contributed by atoms with Crippen LogP contribution in [0.15, 0.2) is 12.1 Å². The Morgan fingerprint density at radius 1 is 1.14 bits per heavy atom. The molecule has 1 fully saturated rings. The lowest BCUT2D eigenvalue weighted by Gasteiger charge is -2.22. The lowest BCUT2D eigenvalue weighted by molar-refractivity contribution is 0.195. The van der Waals surface area contributed by atoms with E-state index in [1.54, 1.807) is 0 Å². The van der Waals surface area contributed by atoms with Crippen LogP contribution < -0.4 is 10.1 Å². The summed E-state index contributed by atoms with van der Waals surface area (Å²) < 4.78 is 33.4. The Balaban J connectivity index is 1.95. The minimum atomic E-state index is -0.605. The van der Waals surface area contributed by atoms with E-state index in [9.17, 15) is 8.78 Å². The molecule has 2 rings (SSSR count). The standard InChI is InChI=1S/C17H25F2NO/c1-12(2)20-10-14-8-15(18)17(16(19)9-14)21-11-13-6-4-3-5-7-13/h8-9,12-13,20H,3-7,10-11H2,1-2H3. The molecule has 0 radical (unpaired) electrons. The summed E-state index contributed by atoms with van der Waals surface area (Å²) in [6.07, 6.45) is 5.84. The molecule has 1 saturated carbocycles. The summed E-state index contributed by atoms with van der Waals surface area (Å²) in [7, 11) is 0. The molecule has 0 unspecified atom stereocenters. The van der Waals surface area contributed by atoms with E-state index in [-0.39, 0.29) is 11.8 Å². The van der Waals surface area contributed by atoms with Gasteiger partial charge in [0.15, 0.2) is 17.4 Å². The molecule has 0 heterocycles. The van der Waals surface area contributed by atoms with E-state index in [0.29, 0.717) is 24.6 Å². The predicted octanol–water partition coefficient (Wildman–Crippen LogP) is 4.42. The first kappa shape index (κ1) is 16.2. The second kappa shape index (κ2) is 7.74. The molecule has 0 aromatic heterocycles. The van der Waals surface area contributed by atoms with Crippen molar-refractivity contribution in [2.75, 3.05) is 6.61 Å². The van der Waals surface area contributed by atoms with Gasteiger partial charge in [-0.25, -0.2) is 8.78 Å². The van der Waals surface area contributed by atoms with Crippen molar-refractivity contribution in [3.8, 4) is 5.75 Å². The van der Waals surface area contributed by atoms with E-state index < -0.39 is 11.6 Å². The van der Waals surface area contributed by atoms with Crippen LogP contribution in [-0.2, 0) is 6.54 Å². The third kappa shape index (κ3) is 4.95. The van der Waals surface area contributed by atoms with Gasteiger partial charge in [-0.3, -0.25) is 0 Å². The molecule has 0 bridgehead atoms. The van der Waals surface area contributed by atoms with Crippen molar-refractivity contribution in [1.82, 2.24) is 5.32 Å². The lowest BCUT2D eigenvalue weighted by Crippen LogP contribution is -2.22. The fraction of sp³-hybridized carbons (Fsp3) is 0.647. The first-order chi connectivity index (χ1) is 10.1. The molecule has 2 nitrogen and oxygen atoms in total. The average molecular weight is 297 g/mol. The maximum atomic E-state index is 14.0. The molecule has 4 heteroatoms. The van der Waals surface area contributed by atoms with E-state index in [1.165, 1.54) is 31.4 Å². The summed E-state index contributed by atoms with van der Waals surface area (Å²) in [5.41, 5.74) is 0.601. The van der Waals surface area contributed by atoms with Crippen LogP contribution in [0.3, 0.4) is 0 Å². The third-order valence-corrected chi connectivity index (χ3v) is 3.96. The predicted molar refractivity (Wildman–Crippen MR) is 80.4 cm³/mol. The van der Waals surface area contributed by atoms with Crippen LogP contribution >= 0.6 is 0 Å². The Morgan fingerprint density at radius 2 is 1.76 bits per heavy atom. The first-order valence-corrected chi connectivity index (χ1v) is 7.90. The molecule has 0 amide bonds. The second-order valence-corrected chi connectivity index (χ2v) is 6.24. The minimum Gasteiger partial charge on any atom is -0.487 e. The quantitative estimate of drug-likeness (QED) is 0.839. The second-order valence-electron chi connectivity index (χ2n) is 6.24. The summed E-state index contributed by atoms with van der Waals surface area (Å²) in [6, 6.07) is 2.99. The van der Waals surface area contributed by atoms with Gasteiger partial charge in [-0.05, 0) is 36.5 Å². The summed E-state index contributed by atoms with van der Waals surface area (Å²) in [4.78, 5) is 0. The van der Waals surface area contributed by atoms with Gasteiger partial charge in [-0.2, -0.15) is 0 Å². The number of halogens is 2. The number of hydrogen-bond acceptors (Lipinski definition) is 2. The highest BCUT2D eigenvalue weighted by Crippen LogP contribution is 2.27. The molecule has 0 saturated heterocycles. The van der Waals surface area contributed by atoms with E-state index in [1.807, 2.05) is 13.8 Å². The van der Waals surface area contributed by atoms with E-state index in [4.69, 9.17) is 4.74 Å². The zero-order valence-electron chi connectivity index (χ0n) is 12.9. The molecular formula is C17H25F2NO. The molecule has 1 aliphatic carbocycles. The number of nitrogens with one attached hydrogen (secondary N) is 1. The van der Waals surface area contributed by atoms with Crippen molar-refractivity contribution in [3.05, 3.63) is 29.3 Å². The fourth-order valence-corrected chi connectivity index (χ4v) is 2.73. The fourth-order valence-electron chi connectivity index (χ4n) is 2.73. The van der Waals surface area contributed by atoms with Crippen LogP contribution in [0.4, 0.5) is 8.78 Å². The molecule has 0 atom stereocenters. The van der Waals surface area contributed by atoms with Gasteiger partial charge >= 0.3 is 0 Å². The number of rotatable bonds is 6. The van der Waals surface area contributed by atoms with Gasteiger partial charge in [-0.1, -0.05) is 33.1 Å². The van der Waals surface area contributed by atoms with Gasteiger partial charge < -0.3 is 10.1 Å². The Kier molecular flexibility index (Phi) is 5.97. The van der Waals surface area contributed by atoms with Crippen molar-refractivity contribution < 1.29 is 13.5 Å². The van der Waals surface area contributed by atoms with Crippen molar-refractivity contribution in [3.63, 3.8) is 0 Å². The maximum Gasteiger partial charge on any atom is 0.190 e. The van der Waals surface area contributed by atoms with Gasteiger partial charge in [-0.15, -0.1) is 0 Å². The normalized spacial score (nSPS) is 16.4. The molecule has 21 heavy (non-hydrogen) atoms. The van der Waals surface area contributed by atoms with Crippen LogP contribution in [-0.4, -0.2) is 12.6 Å². The molecule has 118 valence electrons. The summed E-state index contributed by atoms with van der Waals surface area (Å²) >= 11 is 0. The van der Waals surface area contributed by atoms with Gasteiger partial charge in [0, 0.05) is 12.6 Å². The van der Waals surface area contributed by atoms with Crippen molar-refractivity contribution >= 4 is 0 Å².